The van der Waals surface area contributed by atoms with Crippen LogP contribution in [0.5, 0.6) is 0 Å². The van der Waals surface area contributed by atoms with E-state index in [1.165, 1.54) is 37.1 Å². The highest BCUT2D eigenvalue weighted by molar-refractivity contribution is 7.99. The molecule has 0 aromatic heterocycles. The average molecular weight is 241 g/mol. The van der Waals surface area contributed by atoms with Gasteiger partial charge < -0.3 is 4.74 Å². The predicted molar refractivity (Wildman–Crippen MR) is 60.8 cm³/mol. The van der Waals surface area contributed by atoms with Crippen LogP contribution in [-0.4, -0.2) is 23.8 Å². The molecule has 0 N–H and O–H groups in total. The van der Waals surface area contributed by atoms with E-state index in [2.05, 4.69) is 4.74 Å². The number of carbonyl (C=O) groups excluding carboxylic acids is 1. The van der Waals surface area contributed by atoms with Crippen molar-refractivity contribution in [2.24, 2.45) is 0 Å². The number of esters is 1. The number of nitro benzene ring substituents is 1. The van der Waals surface area contributed by atoms with Crippen molar-refractivity contribution in [2.75, 3.05) is 12.9 Å². The number of thioether (sulfide) groups is 1. The number of methoxy groups -OCH3 is 1. The molecule has 0 saturated carbocycles. The SMILES string of the molecule is CCSc1cc(C(=O)OC)ccc1[N+](=O)[O-]. The van der Waals surface area contributed by atoms with Gasteiger partial charge in [-0.3, -0.25) is 10.1 Å². The van der Waals surface area contributed by atoms with Crippen LogP contribution in [0.25, 0.3) is 0 Å². The molecule has 5 nitrogen and oxygen atoms in total. The van der Waals surface area contributed by atoms with E-state index < -0.39 is 10.9 Å². The minimum absolute atomic E-state index is 0.0134. The van der Waals surface area contributed by atoms with Crippen LogP contribution in [0, 0.1) is 10.1 Å². The van der Waals surface area contributed by atoms with Crippen LogP contribution in [-0.2, 0) is 4.74 Å². The Morgan fingerprint density at radius 1 is 1.56 bits per heavy atom. The normalized spacial score (nSPS) is 9.88. The van der Waals surface area contributed by atoms with Crippen molar-refractivity contribution in [2.45, 2.75) is 11.8 Å². The van der Waals surface area contributed by atoms with Crippen LogP contribution in [0.4, 0.5) is 5.69 Å². The number of hydrogen-bond donors (Lipinski definition) is 0. The van der Waals surface area contributed by atoms with Crippen molar-refractivity contribution in [1.29, 1.82) is 0 Å². The predicted octanol–water partition coefficient (Wildman–Crippen LogP) is 2.49. The van der Waals surface area contributed by atoms with Gasteiger partial charge in [0.05, 0.1) is 22.5 Å². The fourth-order valence-electron chi connectivity index (χ4n) is 1.18. The zero-order valence-corrected chi connectivity index (χ0v) is 9.74. The molecule has 0 spiro atoms. The van der Waals surface area contributed by atoms with Gasteiger partial charge >= 0.3 is 5.97 Å². The van der Waals surface area contributed by atoms with Crippen LogP contribution in [0.1, 0.15) is 17.3 Å². The summed E-state index contributed by atoms with van der Waals surface area (Å²) in [5, 5.41) is 10.7. The molecule has 1 rings (SSSR count). The van der Waals surface area contributed by atoms with Gasteiger partial charge in [0.2, 0.25) is 0 Å². The first-order valence-electron chi connectivity index (χ1n) is 4.59. The molecule has 0 amide bonds. The largest absolute Gasteiger partial charge is 0.465 e. The van der Waals surface area contributed by atoms with Gasteiger partial charge in [-0.05, 0) is 17.9 Å². The summed E-state index contributed by atoms with van der Waals surface area (Å²) in [6.07, 6.45) is 0. The van der Waals surface area contributed by atoms with Crippen molar-refractivity contribution in [3.63, 3.8) is 0 Å². The minimum Gasteiger partial charge on any atom is -0.465 e. The van der Waals surface area contributed by atoms with Gasteiger partial charge in [-0.15, -0.1) is 11.8 Å². The number of carbonyl (C=O) groups is 1. The van der Waals surface area contributed by atoms with Crippen molar-refractivity contribution in [3.05, 3.63) is 33.9 Å². The van der Waals surface area contributed by atoms with E-state index in [1.807, 2.05) is 6.92 Å². The second kappa shape index (κ2) is 5.50. The molecule has 16 heavy (non-hydrogen) atoms. The second-order valence-electron chi connectivity index (χ2n) is 2.86. The Morgan fingerprint density at radius 2 is 2.25 bits per heavy atom. The van der Waals surface area contributed by atoms with Crippen molar-refractivity contribution in [3.8, 4) is 0 Å². The maximum Gasteiger partial charge on any atom is 0.337 e. The van der Waals surface area contributed by atoms with Crippen molar-refractivity contribution < 1.29 is 14.5 Å². The second-order valence-corrected chi connectivity index (χ2v) is 4.17. The van der Waals surface area contributed by atoms with Gasteiger partial charge in [-0.25, -0.2) is 4.79 Å². The van der Waals surface area contributed by atoms with Gasteiger partial charge in [0.15, 0.2) is 0 Å². The standard InChI is InChI=1S/C10H11NO4S/c1-3-16-9-6-7(10(12)15-2)4-5-8(9)11(13)14/h4-6H,3H2,1-2H3. The summed E-state index contributed by atoms with van der Waals surface area (Å²) in [5.74, 6) is 0.207. The van der Waals surface area contributed by atoms with E-state index in [1.54, 1.807) is 0 Å². The monoisotopic (exact) mass is 241 g/mol. The van der Waals surface area contributed by atoms with E-state index in [-0.39, 0.29) is 5.69 Å². The molecule has 0 bridgehead atoms. The molecular formula is C10H11NO4S. The smallest absolute Gasteiger partial charge is 0.337 e. The van der Waals surface area contributed by atoms with Crippen molar-refractivity contribution >= 4 is 23.4 Å². The molecule has 0 fully saturated rings. The Bertz CT molecular complexity index is 419. The zero-order valence-electron chi connectivity index (χ0n) is 8.93. The summed E-state index contributed by atoms with van der Waals surface area (Å²) in [7, 11) is 1.27. The highest BCUT2D eigenvalue weighted by Gasteiger charge is 2.16. The van der Waals surface area contributed by atoms with Gasteiger partial charge in [-0.2, -0.15) is 0 Å². The lowest BCUT2D eigenvalue weighted by Gasteiger charge is -2.03. The summed E-state index contributed by atoms with van der Waals surface area (Å²) in [6.45, 7) is 1.89. The Labute approximate surface area is 96.9 Å². The minimum atomic E-state index is -0.493. The topological polar surface area (TPSA) is 69.4 Å². The molecule has 0 heterocycles. The molecular weight excluding hydrogens is 230 g/mol. The fourth-order valence-corrected chi connectivity index (χ4v) is 1.99. The van der Waals surface area contributed by atoms with Crippen LogP contribution in [0.2, 0.25) is 0 Å². The molecule has 86 valence electrons. The first kappa shape index (κ1) is 12.5. The number of hydrogen-bond acceptors (Lipinski definition) is 5. The van der Waals surface area contributed by atoms with Gasteiger partial charge in [0.25, 0.3) is 5.69 Å². The lowest BCUT2D eigenvalue weighted by molar-refractivity contribution is -0.387. The third-order valence-corrected chi connectivity index (χ3v) is 2.80. The summed E-state index contributed by atoms with van der Waals surface area (Å²) < 4.78 is 4.55. The maximum absolute atomic E-state index is 11.2. The first-order valence-corrected chi connectivity index (χ1v) is 5.58. The number of rotatable bonds is 4. The Balaban J connectivity index is 3.16. The van der Waals surface area contributed by atoms with Gasteiger partial charge in [0, 0.05) is 6.07 Å². The molecule has 0 saturated heterocycles. The third-order valence-electron chi connectivity index (χ3n) is 1.88. The molecule has 0 atom stereocenters. The van der Waals surface area contributed by atoms with E-state index >= 15 is 0 Å². The van der Waals surface area contributed by atoms with E-state index in [4.69, 9.17) is 0 Å². The van der Waals surface area contributed by atoms with Crippen molar-refractivity contribution in [1.82, 2.24) is 0 Å². The molecule has 0 radical (unpaired) electrons. The summed E-state index contributed by atoms with van der Waals surface area (Å²) in [6, 6.07) is 4.20. The Hall–Kier alpha value is -1.56. The fraction of sp³-hybridized carbons (Fsp3) is 0.300. The Morgan fingerprint density at radius 3 is 2.75 bits per heavy atom. The highest BCUT2D eigenvalue weighted by Crippen LogP contribution is 2.30. The molecule has 6 heteroatoms. The number of nitro groups is 1. The maximum atomic E-state index is 11.2. The quantitative estimate of drug-likeness (QED) is 0.350. The average Bonchev–Trinajstić information content (AvgIpc) is 2.28. The van der Waals surface area contributed by atoms with E-state index in [0.717, 1.165) is 0 Å². The first-order chi connectivity index (χ1) is 7.60. The number of nitrogens with zero attached hydrogens (tertiary/aromatic N) is 1. The number of benzene rings is 1. The lowest BCUT2D eigenvalue weighted by atomic mass is 10.2. The third kappa shape index (κ3) is 2.73. The zero-order chi connectivity index (χ0) is 12.1. The summed E-state index contributed by atoms with van der Waals surface area (Å²) >= 11 is 1.32. The lowest BCUT2D eigenvalue weighted by Crippen LogP contribution is -2.02. The molecule has 0 aliphatic carbocycles. The van der Waals surface area contributed by atoms with E-state index in [0.29, 0.717) is 16.2 Å². The molecule has 0 unspecified atom stereocenters. The van der Waals surface area contributed by atoms with Crippen LogP contribution in [0.15, 0.2) is 23.1 Å². The molecule has 1 aromatic rings. The van der Waals surface area contributed by atoms with E-state index in [9.17, 15) is 14.9 Å². The number of ether oxygens (including phenoxy) is 1. The highest BCUT2D eigenvalue weighted by atomic mass is 32.2. The Kier molecular flexibility index (Phi) is 4.30. The van der Waals surface area contributed by atoms with Crippen LogP contribution >= 0.6 is 11.8 Å². The van der Waals surface area contributed by atoms with Gasteiger partial charge in [0.1, 0.15) is 0 Å². The summed E-state index contributed by atoms with van der Waals surface area (Å²) in [4.78, 5) is 22.0. The summed E-state index contributed by atoms with van der Waals surface area (Å²) in [5.41, 5.74) is 0.337. The van der Waals surface area contributed by atoms with Crippen LogP contribution in [0.3, 0.4) is 0 Å². The molecule has 0 aliphatic rings. The molecule has 1 aromatic carbocycles. The molecule has 0 aliphatic heterocycles. The van der Waals surface area contributed by atoms with Crippen LogP contribution < -0.4 is 0 Å². The van der Waals surface area contributed by atoms with Gasteiger partial charge in [-0.1, -0.05) is 6.92 Å².